The van der Waals surface area contributed by atoms with Gasteiger partial charge in [0.15, 0.2) is 0 Å². The third-order valence-electron chi connectivity index (χ3n) is 2.51. The Labute approximate surface area is 90.8 Å². The molecule has 0 aromatic carbocycles. The minimum absolute atomic E-state index is 0.156. The highest BCUT2D eigenvalue weighted by molar-refractivity contribution is 5.95. The van der Waals surface area contributed by atoms with Crippen LogP contribution in [0.3, 0.4) is 0 Å². The summed E-state index contributed by atoms with van der Waals surface area (Å²) < 4.78 is 0. The van der Waals surface area contributed by atoms with Crippen molar-refractivity contribution in [1.82, 2.24) is 4.90 Å². The van der Waals surface area contributed by atoms with E-state index in [0.717, 1.165) is 24.1 Å². The number of hydrazone groups is 1. The molecular weight excluding hydrogens is 190 g/mol. The molecule has 0 spiro atoms. The van der Waals surface area contributed by atoms with Crippen LogP contribution in [0.15, 0.2) is 16.4 Å². The molecule has 1 aliphatic heterocycles. The Morgan fingerprint density at radius 1 is 1.60 bits per heavy atom. The van der Waals surface area contributed by atoms with Crippen molar-refractivity contribution in [3.05, 3.63) is 11.3 Å². The monoisotopic (exact) mass is 209 g/mol. The molecule has 0 aromatic rings. The molecule has 0 atom stereocenters. The second-order valence-corrected chi connectivity index (χ2v) is 4.03. The van der Waals surface area contributed by atoms with Crippen molar-refractivity contribution in [1.29, 1.82) is 0 Å². The van der Waals surface area contributed by atoms with E-state index in [-0.39, 0.29) is 11.9 Å². The molecule has 4 heteroatoms. The van der Waals surface area contributed by atoms with Crippen LogP contribution in [-0.4, -0.2) is 23.1 Å². The van der Waals surface area contributed by atoms with E-state index in [4.69, 9.17) is 5.84 Å². The van der Waals surface area contributed by atoms with Gasteiger partial charge in [0.25, 0.3) is 0 Å². The van der Waals surface area contributed by atoms with E-state index in [9.17, 15) is 4.79 Å². The highest BCUT2D eigenvalue weighted by Crippen LogP contribution is 2.28. The zero-order chi connectivity index (χ0) is 11.4. The maximum atomic E-state index is 11.8. The maximum absolute atomic E-state index is 11.8. The molecule has 1 rings (SSSR count). The van der Waals surface area contributed by atoms with Gasteiger partial charge in [-0.2, -0.15) is 5.10 Å². The minimum atomic E-state index is 0.156. The lowest BCUT2D eigenvalue weighted by Crippen LogP contribution is -2.32. The number of carbonyl (C=O) groups excluding carboxylic acids is 1. The van der Waals surface area contributed by atoms with Gasteiger partial charge >= 0.3 is 0 Å². The van der Waals surface area contributed by atoms with Gasteiger partial charge in [-0.1, -0.05) is 13.3 Å². The Morgan fingerprint density at radius 3 is 2.73 bits per heavy atom. The van der Waals surface area contributed by atoms with Crippen LogP contribution < -0.4 is 5.84 Å². The Balaban J connectivity index is 3.00. The molecule has 1 amide bonds. The summed E-state index contributed by atoms with van der Waals surface area (Å²) in [6.07, 6.45) is 3.97. The van der Waals surface area contributed by atoms with Crippen molar-refractivity contribution in [3.8, 4) is 0 Å². The molecule has 4 nitrogen and oxygen atoms in total. The van der Waals surface area contributed by atoms with Gasteiger partial charge in [-0.3, -0.25) is 4.79 Å². The Kier molecular flexibility index (Phi) is 3.88. The third-order valence-corrected chi connectivity index (χ3v) is 2.51. The summed E-state index contributed by atoms with van der Waals surface area (Å²) >= 11 is 0. The van der Waals surface area contributed by atoms with Crippen molar-refractivity contribution >= 4 is 12.1 Å². The van der Waals surface area contributed by atoms with Gasteiger partial charge in [0.2, 0.25) is 5.91 Å². The fourth-order valence-electron chi connectivity index (χ4n) is 1.98. The number of hydrogen-bond acceptors (Lipinski definition) is 3. The molecule has 0 bridgehead atoms. The van der Waals surface area contributed by atoms with Crippen LogP contribution in [0.1, 0.15) is 40.0 Å². The van der Waals surface area contributed by atoms with E-state index in [2.05, 4.69) is 12.0 Å². The van der Waals surface area contributed by atoms with E-state index in [1.165, 1.54) is 0 Å². The van der Waals surface area contributed by atoms with Gasteiger partial charge in [0.05, 0.1) is 12.6 Å². The summed E-state index contributed by atoms with van der Waals surface area (Å²) in [6.45, 7) is 6.15. The Hall–Kier alpha value is -1.32. The van der Waals surface area contributed by atoms with Crippen molar-refractivity contribution in [3.63, 3.8) is 0 Å². The van der Waals surface area contributed by atoms with Crippen molar-refractivity contribution in [2.75, 3.05) is 0 Å². The summed E-state index contributed by atoms with van der Waals surface area (Å²) in [4.78, 5) is 13.6. The number of hydrogen-bond donors (Lipinski definition) is 1. The summed E-state index contributed by atoms with van der Waals surface area (Å²) in [7, 11) is 0. The lowest BCUT2D eigenvalue weighted by atomic mass is 10.1. The first-order valence-corrected chi connectivity index (χ1v) is 5.39. The fraction of sp³-hybridized carbons (Fsp3) is 0.636. The largest absolute Gasteiger partial charge is 0.323 e. The topological polar surface area (TPSA) is 58.7 Å². The first-order valence-electron chi connectivity index (χ1n) is 5.39. The van der Waals surface area contributed by atoms with Crippen LogP contribution in [0.25, 0.3) is 0 Å². The predicted octanol–water partition coefficient (Wildman–Crippen LogP) is 1.63. The average molecular weight is 209 g/mol. The molecule has 0 fully saturated rings. The van der Waals surface area contributed by atoms with Crippen molar-refractivity contribution < 1.29 is 4.79 Å². The van der Waals surface area contributed by atoms with Crippen LogP contribution in [0.5, 0.6) is 0 Å². The first kappa shape index (κ1) is 11.8. The highest BCUT2D eigenvalue weighted by atomic mass is 16.2. The van der Waals surface area contributed by atoms with Crippen LogP contribution in [-0.2, 0) is 4.79 Å². The Bertz CT molecular complexity index is 305. The van der Waals surface area contributed by atoms with Crippen molar-refractivity contribution in [2.45, 2.75) is 46.1 Å². The number of nitrogens with two attached hydrogens (primary N) is 1. The van der Waals surface area contributed by atoms with Gasteiger partial charge < -0.3 is 10.7 Å². The van der Waals surface area contributed by atoms with E-state index >= 15 is 0 Å². The van der Waals surface area contributed by atoms with Crippen LogP contribution in [0.2, 0.25) is 0 Å². The minimum Gasteiger partial charge on any atom is -0.323 e. The van der Waals surface area contributed by atoms with E-state index in [1.807, 2.05) is 18.7 Å². The van der Waals surface area contributed by atoms with Crippen LogP contribution in [0.4, 0.5) is 0 Å². The molecule has 0 radical (unpaired) electrons. The van der Waals surface area contributed by atoms with Crippen LogP contribution in [0, 0.1) is 0 Å². The number of carbonyl (C=O) groups is 1. The van der Waals surface area contributed by atoms with E-state index in [0.29, 0.717) is 6.42 Å². The van der Waals surface area contributed by atoms with Crippen LogP contribution >= 0.6 is 0 Å². The maximum Gasteiger partial charge on any atom is 0.231 e. The summed E-state index contributed by atoms with van der Waals surface area (Å²) in [5, 5.41) is 3.52. The van der Waals surface area contributed by atoms with Gasteiger partial charge in [-0.15, -0.1) is 0 Å². The fourth-order valence-corrected chi connectivity index (χ4v) is 1.98. The Morgan fingerprint density at radius 2 is 2.27 bits per heavy atom. The summed E-state index contributed by atoms with van der Waals surface area (Å²) in [5.41, 5.74) is 2.06. The quantitative estimate of drug-likeness (QED) is 0.434. The predicted molar refractivity (Wildman–Crippen MR) is 61.2 cm³/mol. The molecule has 1 heterocycles. The molecular formula is C11H19N3O. The summed E-state index contributed by atoms with van der Waals surface area (Å²) in [5.74, 6) is 5.30. The number of amides is 1. The number of rotatable bonds is 4. The zero-order valence-corrected chi connectivity index (χ0v) is 9.66. The standard InChI is InChI=1S/C11H19N3O/c1-4-5-10-9(7-13-12)6-11(15)14(10)8(2)3/h7-8H,4-6,12H2,1-3H3/b13-7-. The SMILES string of the molecule is CCCC1=C(/C=N\N)CC(=O)N1C(C)C. The molecule has 0 unspecified atom stereocenters. The average Bonchev–Trinajstić information content (AvgIpc) is 2.44. The number of nitrogens with zero attached hydrogens (tertiary/aromatic N) is 2. The number of allylic oxidation sites excluding steroid dienone is 1. The molecule has 84 valence electrons. The molecule has 1 aliphatic rings. The normalized spacial score (nSPS) is 17.6. The molecule has 0 saturated carbocycles. The first-order chi connectivity index (χ1) is 7.11. The van der Waals surface area contributed by atoms with Gasteiger partial charge in [-0.05, 0) is 20.3 Å². The molecule has 0 aromatic heterocycles. The van der Waals surface area contributed by atoms with Gasteiger partial charge in [0.1, 0.15) is 0 Å². The van der Waals surface area contributed by atoms with Gasteiger partial charge in [0, 0.05) is 17.3 Å². The summed E-state index contributed by atoms with van der Waals surface area (Å²) in [6, 6.07) is 0.211. The van der Waals surface area contributed by atoms with E-state index in [1.54, 1.807) is 6.21 Å². The lowest BCUT2D eigenvalue weighted by molar-refractivity contribution is -0.128. The van der Waals surface area contributed by atoms with Gasteiger partial charge in [-0.25, -0.2) is 0 Å². The second-order valence-electron chi connectivity index (χ2n) is 4.03. The molecule has 2 N–H and O–H groups in total. The molecule has 0 aliphatic carbocycles. The third kappa shape index (κ3) is 2.37. The van der Waals surface area contributed by atoms with Crippen molar-refractivity contribution in [2.24, 2.45) is 10.9 Å². The highest BCUT2D eigenvalue weighted by Gasteiger charge is 2.30. The lowest BCUT2D eigenvalue weighted by Gasteiger charge is -2.24. The smallest absolute Gasteiger partial charge is 0.231 e. The molecule has 0 saturated heterocycles. The second kappa shape index (κ2) is 4.96. The zero-order valence-electron chi connectivity index (χ0n) is 9.66. The van der Waals surface area contributed by atoms with E-state index < -0.39 is 0 Å². The molecule has 15 heavy (non-hydrogen) atoms.